The molecule has 1 saturated carbocycles. The van der Waals surface area contributed by atoms with Gasteiger partial charge in [0.2, 0.25) is 10.0 Å². The Morgan fingerprint density at radius 1 is 1.11 bits per heavy atom. The molecule has 202 valence electrons. The third-order valence-electron chi connectivity index (χ3n) is 7.07. The molecular formula is C27H37N3O6S. The topological polar surface area (TPSA) is 131 Å². The second-order valence-corrected chi connectivity index (χ2v) is 11.9. The third-order valence-corrected chi connectivity index (χ3v) is 8.92. The lowest BCUT2D eigenvalue weighted by Gasteiger charge is -2.31. The summed E-state index contributed by atoms with van der Waals surface area (Å²) in [4.78, 5) is 12.8. The van der Waals surface area contributed by atoms with E-state index in [1.165, 1.54) is 16.4 Å². The zero-order chi connectivity index (χ0) is 26.3. The number of nitrogen functional groups attached to an aromatic ring is 1. The SMILES string of the molecule is Nc1ccc(S(=O)(=O)N(CC2CCCC2)C[C@H](O)C(Cc2ccccc2)NC(=O)O[C@H]2CCOC2)cc1. The molecule has 1 aliphatic heterocycles. The number of aliphatic hydroxyl groups excluding tert-OH is 1. The Hall–Kier alpha value is -2.66. The number of rotatable bonds is 11. The molecule has 0 radical (unpaired) electrons. The first kappa shape index (κ1) is 27.4. The fourth-order valence-corrected chi connectivity index (χ4v) is 6.50. The van der Waals surface area contributed by atoms with E-state index in [-0.39, 0.29) is 23.5 Å². The van der Waals surface area contributed by atoms with Gasteiger partial charge in [-0.15, -0.1) is 0 Å². The Bertz CT molecular complexity index is 1100. The lowest BCUT2D eigenvalue weighted by atomic mass is 10.0. The number of hydrogen-bond donors (Lipinski definition) is 3. The highest BCUT2D eigenvalue weighted by Gasteiger charge is 2.33. The summed E-state index contributed by atoms with van der Waals surface area (Å²) in [6.45, 7) is 1.03. The molecule has 2 aromatic carbocycles. The molecular weight excluding hydrogens is 494 g/mol. The van der Waals surface area contributed by atoms with Crippen LogP contribution in [0.4, 0.5) is 10.5 Å². The van der Waals surface area contributed by atoms with E-state index in [0.717, 1.165) is 31.2 Å². The zero-order valence-corrected chi connectivity index (χ0v) is 21.8. The van der Waals surface area contributed by atoms with Crippen molar-refractivity contribution in [2.24, 2.45) is 5.92 Å². The molecule has 4 N–H and O–H groups in total. The van der Waals surface area contributed by atoms with Crippen molar-refractivity contribution in [3.63, 3.8) is 0 Å². The van der Waals surface area contributed by atoms with Gasteiger partial charge in [0.1, 0.15) is 6.10 Å². The van der Waals surface area contributed by atoms with E-state index in [1.807, 2.05) is 30.3 Å². The van der Waals surface area contributed by atoms with Gasteiger partial charge in [-0.1, -0.05) is 43.2 Å². The summed E-state index contributed by atoms with van der Waals surface area (Å²) in [6, 6.07) is 14.8. The molecule has 1 saturated heterocycles. The summed E-state index contributed by atoms with van der Waals surface area (Å²) in [7, 11) is -3.90. The smallest absolute Gasteiger partial charge is 0.407 e. The van der Waals surface area contributed by atoms with Gasteiger partial charge in [-0.3, -0.25) is 0 Å². The van der Waals surface area contributed by atoms with E-state index in [2.05, 4.69) is 5.32 Å². The average Bonchev–Trinajstić information content (AvgIpc) is 3.58. The molecule has 3 atom stereocenters. The maximum atomic E-state index is 13.6. The average molecular weight is 532 g/mol. The lowest BCUT2D eigenvalue weighted by molar-refractivity contribution is 0.0641. The maximum absolute atomic E-state index is 13.6. The number of nitrogens with two attached hydrogens (primary N) is 1. The minimum atomic E-state index is -3.90. The van der Waals surface area contributed by atoms with E-state index >= 15 is 0 Å². The zero-order valence-electron chi connectivity index (χ0n) is 21.0. The number of carbonyl (C=O) groups excluding carboxylic acids is 1. The molecule has 2 aliphatic rings. The van der Waals surface area contributed by atoms with E-state index in [1.54, 1.807) is 12.1 Å². The summed E-state index contributed by atoms with van der Waals surface area (Å²) >= 11 is 0. The van der Waals surface area contributed by atoms with Gasteiger partial charge in [-0.2, -0.15) is 4.31 Å². The van der Waals surface area contributed by atoms with Gasteiger partial charge >= 0.3 is 6.09 Å². The van der Waals surface area contributed by atoms with Gasteiger partial charge in [0.15, 0.2) is 0 Å². The molecule has 4 rings (SSSR count). The normalized spacial score (nSPS) is 20.1. The fraction of sp³-hybridized carbons (Fsp3) is 0.519. The van der Waals surface area contributed by atoms with Crippen LogP contribution in [0.2, 0.25) is 0 Å². The van der Waals surface area contributed by atoms with Crippen molar-refractivity contribution in [3.8, 4) is 0 Å². The number of anilines is 1. The number of alkyl carbamates (subject to hydrolysis) is 1. The summed E-state index contributed by atoms with van der Waals surface area (Å²) in [6.07, 6.45) is 2.81. The Morgan fingerprint density at radius 2 is 1.81 bits per heavy atom. The molecule has 1 unspecified atom stereocenters. The molecule has 0 bridgehead atoms. The number of amides is 1. The molecule has 1 heterocycles. The maximum Gasteiger partial charge on any atom is 0.407 e. The standard InChI is InChI=1S/C27H37N3O6S/c28-22-10-12-24(13-11-22)37(33,34)30(17-21-8-4-5-9-21)18-26(31)25(16-20-6-2-1-3-7-20)29-27(32)36-23-14-15-35-19-23/h1-3,6-7,10-13,21,23,25-26,31H,4-5,8-9,14-19,28H2,(H,29,32)/t23-,25?,26-/m0/s1. The van der Waals surface area contributed by atoms with Crippen LogP contribution in [0.3, 0.4) is 0 Å². The molecule has 9 nitrogen and oxygen atoms in total. The van der Waals surface area contributed by atoms with Crippen molar-refractivity contribution in [2.45, 2.75) is 61.7 Å². The number of aliphatic hydroxyl groups is 1. The van der Waals surface area contributed by atoms with Gasteiger partial charge in [0, 0.05) is 25.2 Å². The second kappa shape index (κ2) is 12.7. The molecule has 10 heteroatoms. The lowest BCUT2D eigenvalue weighted by Crippen LogP contribution is -2.51. The molecule has 0 aromatic heterocycles. The summed E-state index contributed by atoms with van der Waals surface area (Å²) in [5.74, 6) is 0.226. The number of sulfonamides is 1. The van der Waals surface area contributed by atoms with Crippen molar-refractivity contribution in [1.29, 1.82) is 0 Å². The van der Waals surface area contributed by atoms with Gasteiger partial charge in [-0.25, -0.2) is 13.2 Å². The van der Waals surface area contributed by atoms with Crippen LogP contribution >= 0.6 is 0 Å². The van der Waals surface area contributed by atoms with Crippen molar-refractivity contribution in [1.82, 2.24) is 9.62 Å². The Morgan fingerprint density at radius 3 is 2.46 bits per heavy atom. The quantitative estimate of drug-likeness (QED) is 0.380. The highest BCUT2D eigenvalue weighted by atomic mass is 32.2. The van der Waals surface area contributed by atoms with Crippen molar-refractivity contribution in [2.75, 3.05) is 32.0 Å². The van der Waals surface area contributed by atoms with Crippen LogP contribution in [-0.4, -0.2) is 68.5 Å². The minimum absolute atomic E-state index is 0.125. The van der Waals surface area contributed by atoms with Crippen LogP contribution in [-0.2, 0) is 25.9 Å². The first-order valence-electron chi connectivity index (χ1n) is 12.9. The highest BCUT2D eigenvalue weighted by molar-refractivity contribution is 7.89. The van der Waals surface area contributed by atoms with Crippen LogP contribution in [0, 0.1) is 5.92 Å². The Balaban J connectivity index is 1.53. The monoisotopic (exact) mass is 531 g/mol. The predicted octanol–water partition coefficient (Wildman–Crippen LogP) is 2.94. The van der Waals surface area contributed by atoms with Crippen LogP contribution < -0.4 is 11.1 Å². The van der Waals surface area contributed by atoms with Crippen LogP contribution in [0.25, 0.3) is 0 Å². The van der Waals surface area contributed by atoms with E-state index in [4.69, 9.17) is 15.2 Å². The highest BCUT2D eigenvalue weighted by Crippen LogP contribution is 2.28. The number of benzene rings is 2. The first-order chi connectivity index (χ1) is 17.8. The molecule has 37 heavy (non-hydrogen) atoms. The van der Waals surface area contributed by atoms with E-state index in [0.29, 0.717) is 38.3 Å². The van der Waals surface area contributed by atoms with Crippen LogP contribution in [0.15, 0.2) is 59.5 Å². The van der Waals surface area contributed by atoms with Crippen LogP contribution in [0.5, 0.6) is 0 Å². The molecule has 2 aromatic rings. The van der Waals surface area contributed by atoms with Gasteiger partial charge < -0.3 is 25.6 Å². The third kappa shape index (κ3) is 7.67. The number of hydrogen-bond acceptors (Lipinski definition) is 7. The van der Waals surface area contributed by atoms with Crippen LogP contribution in [0.1, 0.15) is 37.7 Å². The van der Waals surface area contributed by atoms with Crippen molar-refractivity contribution >= 4 is 21.8 Å². The molecule has 2 fully saturated rings. The summed E-state index contributed by atoms with van der Waals surface area (Å²) in [5, 5.41) is 14.1. The van der Waals surface area contributed by atoms with Crippen molar-refractivity contribution < 1.29 is 27.8 Å². The van der Waals surface area contributed by atoms with Gasteiger partial charge in [0.05, 0.1) is 30.3 Å². The summed E-state index contributed by atoms with van der Waals surface area (Å²) < 4.78 is 39.4. The van der Waals surface area contributed by atoms with Gasteiger partial charge in [-0.05, 0) is 55.0 Å². The number of carbonyl (C=O) groups is 1. The Kier molecular flexibility index (Phi) is 9.42. The molecule has 1 aliphatic carbocycles. The molecule has 1 amide bonds. The van der Waals surface area contributed by atoms with E-state index < -0.39 is 28.3 Å². The number of nitrogens with zero attached hydrogens (tertiary/aromatic N) is 1. The van der Waals surface area contributed by atoms with E-state index in [9.17, 15) is 18.3 Å². The largest absolute Gasteiger partial charge is 0.444 e. The molecule has 0 spiro atoms. The summed E-state index contributed by atoms with van der Waals surface area (Å²) in [5.41, 5.74) is 7.14. The number of nitrogens with one attached hydrogen (secondary N) is 1. The number of ether oxygens (including phenoxy) is 2. The fourth-order valence-electron chi connectivity index (χ4n) is 4.97. The Labute approximate surface area is 219 Å². The minimum Gasteiger partial charge on any atom is -0.444 e. The predicted molar refractivity (Wildman–Crippen MR) is 140 cm³/mol. The van der Waals surface area contributed by atoms with Crippen molar-refractivity contribution in [3.05, 3.63) is 60.2 Å². The van der Waals surface area contributed by atoms with Gasteiger partial charge in [0.25, 0.3) is 0 Å². The second-order valence-electron chi connectivity index (χ2n) is 9.94. The first-order valence-corrected chi connectivity index (χ1v) is 14.4.